The Kier molecular flexibility index (Phi) is 3.55. The Bertz CT molecular complexity index is 469. The number of rotatable bonds is 1. The van der Waals surface area contributed by atoms with Gasteiger partial charge in [0, 0.05) is 18.5 Å². The summed E-state index contributed by atoms with van der Waals surface area (Å²) < 4.78 is 11.1. The van der Waals surface area contributed by atoms with E-state index in [0.29, 0.717) is 43.4 Å². The van der Waals surface area contributed by atoms with Crippen molar-refractivity contribution in [3.8, 4) is 11.5 Å². The SMILES string of the molecule is O=C(c1ccc2c(c1)OCCCO2)N1CCCCO1. The number of hydroxylamine groups is 2. The monoisotopic (exact) mass is 263 g/mol. The van der Waals surface area contributed by atoms with E-state index in [0.717, 1.165) is 19.3 Å². The second-order valence-corrected chi connectivity index (χ2v) is 4.66. The fourth-order valence-electron chi connectivity index (χ4n) is 2.20. The normalized spacial score (nSPS) is 18.8. The van der Waals surface area contributed by atoms with Crippen LogP contribution in [0.5, 0.6) is 11.5 Å². The first-order chi connectivity index (χ1) is 9.34. The van der Waals surface area contributed by atoms with Crippen LogP contribution in [-0.4, -0.2) is 37.3 Å². The van der Waals surface area contributed by atoms with Crippen LogP contribution in [0.2, 0.25) is 0 Å². The molecule has 0 saturated carbocycles. The highest BCUT2D eigenvalue weighted by Gasteiger charge is 2.21. The minimum Gasteiger partial charge on any atom is -0.490 e. The zero-order valence-electron chi connectivity index (χ0n) is 10.8. The topological polar surface area (TPSA) is 48.0 Å². The fraction of sp³-hybridized carbons (Fsp3) is 0.500. The second-order valence-electron chi connectivity index (χ2n) is 4.66. The Morgan fingerprint density at radius 2 is 1.84 bits per heavy atom. The smallest absolute Gasteiger partial charge is 0.277 e. The molecule has 1 amide bonds. The summed E-state index contributed by atoms with van der Waals surface area (Å²) in [4.78, 5) is 17.7. The van der Waals surface area contributed by atoms with Crippen LogP contribution in [0.1, 0.15) is 29.6 Å². The van der Waals surface area contributed by atoms with E-state index in [1.807, 2.05) is 0 Å². The summed E-state index contributed by atoms with van der Waals surface area (Å²) >= 11 is 0. The molecule has 0 N–H and O–H groups in total. The first kappa shape index (κ1) is 12.3. The van der Waals surface area contributed by atoms with Crippen LogP contribution in [0.25, 0.3) is 0 Å². The molecule has 0 radical (unpaired) electrons. The lowest BCUT2D eigenvalue weighted by atomic mass is 10.1. The maximum atomic E-state index is 12.3. The Hall–Kier alpha value is -1.75. The molecular weight excluding hydrogens is 246 g/mol. The van der Waals surface area contributed by atoms with E-state index in [2.05, 4.69) is 0 Å². The zero-order valence-corrected chi connectivity index (χ0v) is 10.8. The van der Waals surface area contributed by atoms with Gasteiger partial charge in [0.2, 0.25) is 0 Å². The molecule has 2 aliphatic heterocycles. The Labute approximate surface area is 112 Å². The van der Waals surface area contributed by atoms with Crippen molar-refractivity contribution in [1.82, 2.24) is 5.06 Å². The number of hydrogen-bond donors (Lipinski definition) is 0. The molecule has 2 aliphatic rings. The number of nitrogens with zero attached hydrogens (tertiary/aromatic N) is 1. The zero-order chi connectivity index (χ0) is 13.1. The van der Waals surface area contributed by atoms with E-state index >= 15 is 0 Å². The summed E-state index contributed by atoms with van der Waals surface area (Å²) in [5.74, 6) is 1.23. The molecule has 0 unspecified atom stereocenters. The van der Waals surface area contributed by atoms with Gasteiger partial charge in [0.25, 0.3) is 5.91 Å². The summed E-state index contributed by atoms with van der Waals surface area (Å²) in [5, 5.41) is 1.43. The summed E-state index contributed by atoms with van der Waals surface area (Å²) in [6.07, 6.45) is 2.84. The van der Waals surface area contributed by atoms with Crippen LogP contribution < -0.4 is 9.47 Å². The molecule has 0 aromatic heterocycles. The molecule has 0 atom stereocenters. The lowest BCUT2D eigenvalue weighted by Gasteiger charge is -2.26. The maximum absolute atomic E-state index is 12.3. The minimum absolute atomic E-state index is 0.115. The lowest BCUT2D eigenvalue weighted by Crippen LogP contribution is -2.35. The second kappa shape index (κ2) is 5.48. The van der Waals surface area contributed by atoms with Crippen molar-refractivity contribution in [2.45, 2.75) is 19.3 Å². The van der Waals surface area contributed by atoms with Crippen molar-refractivity contribution in [2.75, 3.05) is 26.4 Å². The van der Waals surface area contributed by atoms with Crippen molar-refractivity contribution in [3.63, 3.8) is 0 Å². The van der Waals surface area contributed by atoms with Crippen molar-refractivity contribution in [2.24, 2.45) is 0 Å². The van der Waals surface area contributed by atoms with E-state index < -0.39 is 0 Å². The van der Waals surface area contributed by atoms with Crippen LogP contribution in [0.4, 0.5) is 0 Å². The molecule has 1 saturated heterocycles. The first-order valence-electron chi connectivity index (χ1n) is 6.69. The quantitative estimate of drug-likeness (QED) is 0.777. The molecule has 19 heavy (non-hydrogen) atoms. The van der Waals surface area contributed by atoms with Crippen molar-refractivity contribution in [3.05, 3.63) is 23.8 Å². The van der Waals surface area contributed by atoms with Gasteiger partial charge in [-0.3, -0.25) is 9.63 Å². The third-order valence-electron chi connectivity index (χ3n) is 3.22. The summed E-state index contributed by atoms with van der Waals surface area (Å²) in [5.41, 5.74) is 0.575. The van der Waals surface area contributed by atoms with E-state index in [9.17, 15) is 4.79 Å². The van der Waals surface area contributed by atoms with Gasteiger partial charge in [-0.25, -0.2) is 5.06 Å². The van der Waals surface area contributed by atoms with Gasteiger partial charge in [0.1, 0.15) is 0 Å². The predicted octanol–water partition coefficient (Wildman–Crippen LogP) is 2.02. The molecule has 0 aliphatic carbocycles. The van der Waals surface area contributed by atoms with Gasteiger partial charge >= 0.3 is 0 Å². The molecule has 2 heterocycles. The van der Waals surface area contributed by atoms with Gasteiger partial charge in [0.05, 0.1) is 19.8 Å². The highest BCUT2D eigenvalue weighted by Crippen LogP contribution is 2.31. The van der Waals surface area contributed by atoms with Gasteiger partial charge in [-0.2, -0.15) is 0 Å². The van der Waals surface area contributed by atoms with Gasteiger partial charge in [-0.15, -0.1) is 0 Å². The van der Waals surface area contributed by atoms with Crippen LogP contribution in [0, 0.1) is 0 Å². The molecule has 1 aromatic carbocycles. The largest absolute Gasteiger partial charge is 0.490 e. The average molecular weight is 263 g/mol. The van der Waals surface area contributed by atoms with Gasteiger partial charge in [-0.05, 0) is 31.0 Å². The number of hydrogen-bond acceptors (Lipinski definition) is 4. The van der Waals surface area contributed by atoms with Gasteiger partial charge in [-0.1, -0.05) is 0 Å². The summed E-state index contributed by atoms with van der Waals surface area (Å²) in [6.45, 7) is 2.52. The highest BCUT2D eigenvalue weighted by molar-refractivity contribution is 5.94. The molecule has 5 nitrogen and oxygen atoms in total. The number of fused-ring (bicyclic) bond motifs is 1. The molecule has 1 fully saturated rings. The molecule has 0 bridgehead atoms. The Morgan fingerprint density at radius 3 is 2.63 bits per heavy atom. The third kappa shape index (κ3) is 2.66. The summed E-state index contributed by atoms with van der Waals surface area (Å²) in [7, 11) is 0. The average Bonchev–Trinajstić information content (AvgIpc) is 2.72. The molecule has 102 valence electrons. The number of benzene rings is 1. The van der Waals surface area contributed by atoms with E-state index in [4.69, 9.17) is 14.3 Å². The van der Waals surface area contributed by atoms with E-state index in [1.165, 1.54) is 5.06 Å². The van der Waals surface area contributed by atoms with Crippen LogP contribution in [-0.2, 0) is 4.84 Å². The van der Waals surface area contributed by atoms with E-state index in [-0.39, 0.29) is 5.91 Å². The predicted molar refractivity (Wildman–Crippen MR) is 68.3 cm³/mol. The molecular formula is C14H17NO4. The third-order valence-corrected chi connectivity index (χ3v) is 3.22. The molecule has 0 spiro atoms. The van der Waals surface area contributed by atoms with Gasteiger partial charge in [0.15, 0.2) is 11.5 Å². The van der Waals surface area contributed by atoms with Gasteiger partial charge < -0.3 is 9.47 Å². The molecule has 1 aromatic rings. The highest BCUT2D eigenvalue weighted by atomic mass is 16.7. The first-order valence-corrected chi connectivity index (χ1v) is 6.69. The number of carbonyl (C=O) groups is 1. The standard InChI is InChI=1S/C14H17NO4/c16-14(15-6-1-2-9-19-15)11-4-5-12-13(10-11)18-8-3-7-17-12/h4-5,10H,1-3,6-9H2. The van der Waals surface area contributed by atoms with Crippen molar-refractivity contribution < 1.29 is 19.1 Å². The number of ether oxygens (including phenoxy) is 2. The van der Waals surface area contributed by atoms with Crippen LogP contribution >= 0.6 is 0 Å². The molecule has 5 heteroatoms. The minimum atomic E-state index is -0.115. The van der Waals surface area contributed by atoms with Crippen LogP contribution in [0.15, 0.2) is 18.2 Å². The number of carbonyl (C=O) groups excluding carboxylic acids is 1. The number of amides is 1. The van der Waals surface area contributed by atoms with Crippen LogP contribution in [0.3, 0.4) is 0 Å². The molecule has 3 rings (SSSR count). The summed E-state index contributed by atoms with van der Waals surface area (Å²) in [6, 6.07) is 5.28. The Morgan fingerprint density at radius 1 is 1.00 bits per heavy atom. The van der Waals surface area contributed by atoms with Crippen molar-refractivity contribution in [1.29, 1.82) is 0 Å². The Balaban J connectivity index is 1.80. The lowest BCUT2D eigenvalue weighted by molar-refractivity contribution is -0.144. The van der Waals surface area contributed by atoms with E-state index in [1.54, 1.807) is 18.2 Å². The fourth-order valence-corrected chi connectivity index (χ4v) is 2.20. The maximum Gasteiger partial charge on any atom is 0.277 e. The van der Waals surface area contributed by atoms with Crippen molar-refractivity contribution >= 4 is 5.91 Å².